The average molecular weight is 366 g/mol. The first-order valence-corrected chi connectivity index (χ1v) is 9.39. The van der Waals surface area contributed by atoms with Crippen LogP contribution in [0.2, 0.25) is 0 Å². The number of amidine groups is 1. The molecule has 0 bridgehead atoms. The first-order chi connectivity index (χ1) is 12.8. The zero-order valence-electron chi connectivity index (χ0n) is 14.5. The summed E-state index contributed by atoms with van der Waals surface area (Å²) in [7, 11) is 0. The van der Waals surface area contributed by atoms with E-state index in [1.54, 1.807) is 6.21 Å². The van der Waals surface area contributed by atoms with Crippen LogP contribution in [-0.4, -0.2) is 18.0 Å². The Kier molecular flexibility index (Phi) is 8.81. The van der Waals surface area contributed by atoms with Gasteiger partial charge >= 0.3 is 0 Å². The summed E-state index contributed by atoms with van der Waals surface area (Å²) < 4.78 is 5.62. The maximum atomic E-state index is 8.48. The Hall–Kier alpha value is -2.78. The van der Waals surface area contributed by atoms with Gasteiger partial charge in [-0.1, -0.05) is 42.1 Å². The Morgan fingerprint density at radius 3 is 2.62 bits per heavy atom. The van der Waals surface area contributed by atoms with Crippen molar-refractivity contribution in [3.8, 4) is 11.8 Å². The number of thioether (sulfide) groups is 1. The van der Waals surface area contributed by atoms with Crippen molar-refractivity contribution in [2.75, 3.05) is 6.61 Å². The third-order valence-corrected chi connectivity index (χ3v) is 4.28. The molecule has 0 radical (unpaired) electrons. The lowest BCUT2D eigenvalue weighted by atomic mass is 10.2. The summed E-state index contributed by atoms with van der Waals surface area (Å²) >= 11 is 1.46. The zero-order valence-corrected chi connectivity index (χ0v) is 15.4. The number of unbranched alkanes of at least 4 members (excludes halogenated alkanes) is 2. The molecule has 26 heavy (non-hydrogen) atoms. The number of nitrogens with zero attached hydrogens (tertiary/aromatic N) is 3. The molecular weight excluding hydrogens is 344 g/mol. The third-order valence-electron chi connectivity index (χ3n) is 3.42. The first-order valence-electron chi connectivity index (χ1n) is 8.41. The van der Waals surface area contributed by atoms with E-state index in [4.69, 9.17) is 15.7 Å². The van der Waals surface area contributed by atoms with E-state index in [0.717, 1.165) is 29.9 Å². The van der Waals surface area contributed by atoms with Gasteiger partial charge in [0.15, 0.2) is 5.17 Å². The Morgan fingerprint density at radius 2 is 1.88 bits per heavy atom. The van der Waals surface area contributed by atoms with E-state index < -0.39 is 0 Å². The molecule has 0 atom stereocenters. The molecule has 0 saturated heterocycles. The van der Waals surface area contributed by atoms with Crippen LogP contribution in [0.15, 0.2) is 64.8 Å². The summed E-state index contributed by atoms with van der Waals surface area (Å²) in [6.45, 7) is 0.620. The fourth-order valence-corrected chi connectivity index (χ4v) is 2.67. The highest BCUT2D eigenvalue weighted by Crippen LogP contribution is 2.13. The van der Waals surface area contributed by atoms with Crippen molar-refractivity contribution < 1.29 is 4.74 Å². The van der Waals surface area contributed by atoms with Crippen molar-refractivity contribution in [3.05, 3.63) is 65.7 Å². The average Bonchev–Trinajstić information content (AvgIpc) is 2.68. The highest BCUT2D eigenvalue weighted by molar-refractivity contribution is 8.13. The van der Waals surface area contributed by atoms with Crippen molar-refractivity contribution >= 4 is 23.1 Å². The van der Waals surface area contributed by atoms with Crippen molar-refractivity contribution in [2.24, 2.45) is 15.9 Å². The molecule has 0 aromatic heterocycles. The summed E-state index contributed by atoms with van der Waals surface area (Å²) in [6, 6.07) is 19.8. The van der Waals surface area contributed by atoms with Gasteiger partial charge in [-0.3, -0.25) is 0 Å². The Labute approximate surface area is 158 Å². The Morgan fingerprint density at radius 1 is 1.12 bits per heavy atom. The van der Waals surface area contributed by atoms with E-state index in [1.807, 2.05) is 42.5 Å². The summed E-state index contributed by atoms with van der Waals surface area (Å²) in [6.07, 6.45) is 3.98. The number of nitriles is 1. The van der Waals surface area contributed by atoms with E-state index in [0.29, 0.717) is 18.2 Å². The van der Waals surface area contributed by atoms with E-state index in [9.17, 15) is 0 Å². The van der Waals surface area contributed by atoms with Gasteiger partial charge < -0.3 is 10.5 Å². The van der Waals surface area contributed by atoms with Crippen molar-refractivity contribution in [2.45, 2.75) is 25.0 Å². The number of rotatable bonds is 9. The van der Waals surface area contributed by atoms with Crippen LogP contribution in [0.4, 0.5) is 0 Å². The summed E-state index contributed by atoms with van der Waals surface area (Å²) in [4.78, 5) is 0. The largest absolute Gasteiger partial charge is 0.494 e. The molecule has 0 aliphatic heterocycles. The Bertz CT molecular complexity index is 752. The lowest BCUT2D eigenvalue weighted by Gasteiger charge is -2.05. The van der Waals surface area contributed by atoms with Crippen LogP contribution in [0, 0.1) is 11.3 Å². The highest BCUT2D eigenvalue weighted by atomic mass is 32.2. The molecule has 2 N–H and O–H groups in total. The lowest BCUT2D eigenvalue weighted by Crippen LogP contribution is -2.05. The van der Waals surface area contributed by atoms with Gasteiger partial charge in [0.2, 0.25) is 0 Å². The SMILES string of the molecule is N#CCCCCOc1ccc(C=NN=C(N)SCc2ccccc2)cc1. The minimum Gasteiger partial charge on any atom is -0.494 e. The molecule has 0 aliphatic carbocycles. The molecule has 2 aromatic rings. The minimum absolute atomic E-state index is 0.433. The molecule has 0 heterocycles. The van der Waals surface area contributed by atoms with Gasteiger partial charge in [0.05, 0.1) is 18.9 Å². The minimum atomic E-state index is 0.433. The van der Waals surface area contributed by atoms with Crippen LogP contribution in [0.1, 0.15) is 30.4 Å². The molecule has 2 aromatic carbocycles. The fourth-order valence-electron chi connectivity index (χ4n) is 2.06. The fraction of sp³-hybridized carbons (Fsp3) is 0.250. The molecule has 0 amide bonds. The second-order valence-electron chi connectivity index (χ2n) is 5.49. The maximum absolute atomic E-state index is 8.48. The molecule has 0 unspecified atom stereocenters. The van der Waals surface area contributed by atoms with Gasteiger partial charge in [0.1, 0.15) is 5.75 Å². The number of hydrogen-bond acceptors (Lipinski definition) is 5. The number of ether oxygens (including phenoxy) is 1. The van der Waals surface area contributed by atoms with Crippen LogP contribution in [-0.2, 0) is 5.75 Å². The Balaban J connectivity index is 1.74. The second-order valence-corrected chi connectivity index (χ2v) is 6.49. The molecule has 0 saturated carbocycles. The molecule has 2 rings (SSSR count). The number of hydrogen-bond donors (Lipinski definition) is 1. The molecule has 0 fully saturated rings. The van der Waals surface area contributed by atoms with Gasteiger partial charge in [-0.2, -0.15) is 10.4 Å². The standard InChI is InChI=1S/C20H22N4OS/c21-13-5-2-6-14-25-19-11-9-17(10-12-19)15-23-24-20(22)26-16-18-7-3-1-4-8-18/h1,3-4,7-12,15H,2,5-6,14,16H2,(H2,22,24). The van der Waals surface area contributed by atoms with Gasteiger partial charge in [-0.25, -0.2) is 0 Å². The highest BCUT2D eigenvalue weighted by Gasteiger charge is 1.97. The summed E-state index contributed by atoms with van der Waals surface area (Å²) in [5.74, 6) is 1.58. The smallest absolute Gasteiger partial charge is 0.180 e. The molecule has 0 spiro atoms. The summed E-state index contributed by atoms with van der Waals surface area (Å²) in [5, 5.41) is 16.9. The summed E-state index contributed by atoms with van der Waals surface area (Å²) in [5.41, 5.74) is 7.98. The monoisotopic (exact) mass is 366 g/mol. The van der Waals surface area contributed by atoms with Crippen LogP contribution < -0.4 is 10.5 Å². The van der Waals surface area contributed by atoms with Gasteiger partial charge in [0, 0.05) is 12.2 Å². The number of benzene rings is 2. The zero-order chi connectivity index (χ0) is 18.5. The molecular formula is C20H22N4OS. The van der Waals surface area contributed by atoms with E-state index in [2.05, 4.69) is 28.4 Å². The maximum Gasteiger partial charge on any atom is 0.180 e. The van der Waals surface area contributed by atoms with Crippen LogP contribution in [0.5, 0.6) is 5.75 Å². The van der Waals surface area contributed by atoms with Gasteiger partial charge in [0.25, 0.3) is 0 Å². The molecule has 134 valence electrons. The molecule has 0 aliphatic rings. The van der Waals surface area contributed by atoms with Crippen LogP contribution in [0.25, 0.3) is 0 Å². The topological polar surface area (TPSA) is 83.8 Å². The van der Waals surface area contributed by atoms with E-state index >= 15 is 0 Å². The normalized spacial score (nSPS) is 11.4. The van der Waals surface area contributed by atoms with E-state index in [-0.39, 0.29) is 0 Å². The van der Waals surface area contributed by atoms with Crippen LogP contribution >= 0.6 is 11.8 Å². The van der Waals surface area contributed by atoms with Crippen LogP contribution in [0.3, 0.4) is 0 Å². The quantitative estimate of drug-likeness (QED) is 0.310. The van der Waals surface area contributed by atoms with Crippen molar-refractivity contribution in [3.63, 3.8) is 0 Å². The molecule has 6 heteroatoms. The lowest BCUT2D eigenvalue weighted by molar-refractivity contribution is 0.307. The molecule has 5 nitrogen and oxygen atoms in total. The van der Waals surface area contributed by atoms with Crippen molar-refractivity contribution in [1.29, 1.82) is 5.26 Å². The van der Waals surface area contributed by atoms with E-state index in [1.165, 1.54) is 17.3 Å². The predicted octanol–water partition coefficient (Wildman–Crippen LogP) is 4.34. The van der Waals surface area contributed by atoms with Crippen molar-refractivity contribution in [1.82, 2.24) is 0 Å². The number of nitrogens with two attached hydrogens (primary N) is 1. The van der Waals surface area contributed by atoms with Gasteiger partial charge in [-0.05, 0) is 48.2 Å². The predicted molar refractivity (Wildman–Crippen MR) is 108 cm³/mol. The third kappa shape index (κ3) is 7.86. The first kappa shape index (κ1) is 19.5. The second kappa shape index (κ2) is 11.7. The van der Waals surface area contributed by atoms with Gasteiger partial charge in [-0.15, -0.1) is 5.10 Å².